The van der Waals surface area contributed by atoms with Crippen molar-refractivity contribution in [3.63, 3.8) is 0 Å². The number of benzene rings is 1. The van der Waals surface area contributed by atoms with E-state index >= 15 is 0 Å². The van der Waals surface area contributed by atoms with Crippen LogP contribution in [0, 0.1) is 5.92 Å². The Kier molecular flexibility index (Phi) is 6.86. The average Bonchev–Trinajstić information content (AvgIpc) is 2.81. The molecule has 2 aliphatic rings. The molecule has 0 spiro atoms. The van der Waals surface area contributed by atoms with Crippen molar-refractivity contribution in [1.82, 2.24) is 14.8 Å². The number of pyridine rings is 1. The number of carbonyl (C=O) groups is 2. The molecular formula is C24H31ClN4O3. The van der Waals surface area contributed by atoms with Crippen LogP contribution in [0.25, 0.3) is 10.9 Å². The Labute approximate surface area is 193 Å². The molecule has 0 radical (unpaired) electrons. The molecule has 32 heavy (non-hydrogen) atoms. The van der Waals surface area contributed by atoms with E-state index in [4.69, 9.17) is 27.1 Å². The second-order valence-corrected chi connectivity index (χ2v) is 9.21. The van der Waals surface area contributed by atoms with Crippen LogP contribution in [0.4, 0.5) is 4.79 Å². The van der Waals surface area contributed by atoms with Gasteiger partial charge in [0.05, 0.1) is 17.1 Å². The topological polar surface area (TPSA) is 88.8 Å². The number of carbonyl (C=O) groups excluding carboxylic acids is 2. The summed E-state index contributed by atoms with van der Waals surface area (Å²) < 4.78 is 5.23. The number of amides is 2. The van der Waals surface area contributed by atoms with Gasteiger partial charge >= 0.3 is 6.09 Å². The van der Waals surface area contributed by atoms with Crippen LogP contribution in [-0.2, 0) is 17.6 Å². The van der Waals surface area contributed by atoms with Gasteiger partial charge in [0.15, 0.2) is 0 Å². The third-order valence-electron chi connectivity index (χ3n) is 6.54. The van der Waals surface area contributed by atoms with Crippen molar-refractivity contribution in [2.45, 2.75) is 45.6 Å². The summed E-state index contributed by atoms with van der Waals surface area (Å²) in [7, 11) is 0. The summed E-state index contributed by atoms with van der Waals surface area (Å²) in [5, 5.41) is 1.62. The molecule has 7 nitrogen and oxygen atoms in total. The van der Waals surface area contributed by atoms with E-state index < -0.39 is 0 Å². The number of rotatable bonds is 4. The standard InChI is InChI=1S/C24H31ClN4O3/c1-3-10-32-24(31)28-8-9-29(15(2)14-28)23(30)17-5-7-19-21(12-17)27-20-11-16(13-26)4-6-18(20)22(19)25/h5,7,12,15-16H,3-4,6,8-11,13-14,26H2,1-2H3/t15-,16?/m0/s1. The van der Waals surface area contributed by atoms with E-state index in [1.165, 1.54) is 0 Å². The van der Waals surface area contributed by atoms with E-state index in [1.54, 1.807) is 4.90 Å². The monoisotopic (exact) mass is 458 g/mol. The number of nitrogens with two attached hydrogens (primary N) is 1. The Morgan fingerprint density at radius 2 is 2.12 bits per heavy atom. The lowest BCUT2D eigenvalue weighted by Crippen LogP contribution is -2.55. The van der Waals surface area contributed by atoms with Gasteiger partial charge in [0.25, 0.3) is 5.91 Å². The third-order valence-corrected chi connectivity index (χ3v) is 6.98. The summed E-state index contributed by atoms with van der Waals surface area (Å²) >= 11 is 6.72. The first kappa shape index (κ1) is 22.8. The summed E-state index contributed by atoms with van der Waals surface area (Å²) in [6, 6.07) is 5.46. The first-order valence-corrected chi connectivity index (χ1v) is 11.8. The Balaban J connectivity index is 1.53. The number of aromatic nitrogens is 1. The molecule has 8 heteroatoms. The van der Waals surface area contributed by atoms with Gasteiger partial charge in [-0.1, -0.05) is 24.6 Å². The van der Waals surface area contributed by atoms with E-state index in [9.17, 15) is 9.59 Å². The lowest BCUT2D eigenvalue weighted by atomic mass is 9.86. The molecule has 2 amide bonds. The lowest BCUT2D eigenvalue weighted by Gasteiger charge is -2.39. The molecule has 2 N–H and O–H groups in total. The molecule has 4 rings (SSSR count). The minimum absolute atomic E-state index is 0.0588. The maximum atomic E-state index is 13.3. The van der Waals surface area contributed by atoms with Crippen molar-refractivity contribution in [3.8, 4) is 0 Å². The Morgan fingerprint density at radius 3 is 2.84 bits per heavy atom. The maximum Gasteiger partial charge on any atom is 0.409 e. The van der Waals surface area contributed by atoms with Gasteiger partial charge in [-0.15, -0.1) is 0 Å². The number of nitrogens with zero attached hydrogens (tertiary/aromatic N) is 3. The number of hydrogen-bond acceptors (Lipinski definition) is 5. The van der Waals surface area contributed by atoms with Gasteiger partial charge < -0.3 is 20.3 Å². The molecular weight excluding hydrogens is 428 g/mol. The van der Waals surface area contributed by atoms with Crippen LogP contribution in [0.5, 0.6) is 0 Å². The van der Waals surface area contributed by atoms with Crippen LogP contribution in [-0.4, -0.2) is 65.6 Å². The number of fused-ring (bicyclic) bond motifs is 2. The molecule has 172 valence electrons. The van der Waals surface area contributed by atoms with Crippen molar-refractivity contribution in [2.75, 3.05) is 32.8 Å². The molecule has 2 aromatic rings. The minimum atomic E-state index is -0.309. The second-order valence-electron chi connectivity index (χ2n) is 8.84. The first-order valence-electron chi connectivity index (χ1n) is 11.5. The fourth-order valence-corrected chi connectivity index (χ4v) is 5.03. The fourth-order valence-electron chi connectivity index (χ4n) is 4.66. The van der Waals surface area contributed by atoms with Gasteiger partial charge in [-0.25, -0.2) is 4.79 Å². The van der Waals surface area contributed by atoms with Crippen molar-refractivity contribution in [1.29, 1.82) is 0 Å². The summed E-state index contributed by atoms with van der Waals surface area (Å²) in [5.41, 5.74) is 9.32. The van der Waals surface area contributed by atoms with E-state index in [-0.39, 0.29) is 18.0 Å². The molecule has 1 aliphatic carbocycles. The summed E-state index contributed by atoms with van der Waals surface area (Å²) in [6.07, 6.45) is 3.23. The van der Waals surface area contributed by atoms with Gasteiger partial charge in [-0.3, -0.25) is 9.78 Å². The van der Waals surface area contributed by atoms with E-state index in [1.807, 2.05) is 36.9 Å². The molecule has 1 aromatic carbocycles. The SMILES string of the molecule is CCCOC(=O)N1CCN(C(=O)c2ccc3c(Cl)c4c(nc3c2)CC(CN)CC4)[C@@H](C)C1. The molecule has 2 heterocycles. The zero-order valence-corrected chi connectivity index (χ0v) is 19.5. The quantitative estimate of drug-likeness (QED) is 0.755. The van der Waals surface area contributed by atoms with Gasteiger partial charge in [-0.05, 0) is 62.8 Å². The normalized spacial score (nSPS) is 20.9. The zero-order chi connectivity index (χ0) is 22.8. The highest BCUT2D eigenvalue weighted by Gasteiger charge is 2.31. The van der Waals surface area contributed by atoms with Crippen LogP contribution < -0.4 is 5.73 Å². The van der Waals surface area contributed by atoms with Crippen molar-refractivity contribution in [3.05, 3.63) is 40.0 Å². The second kappa shape index (κ2) is 9.63. The summed E-state index contributed by atoms with van der Waals surface area (Å²) in [5.74, 6) is 0.367. The highest BCUT2D eigenvalue weighted by atomic mass is 35.5. The highest BCUT2D eigenvalue weighted by molar-refractivity contribution is 6.36. The molecule has 2 atom stereocenters. The molecule has 1 aliphatic heterocycles. The fraction of sp³-hybridized carbons (Fsp3) is 0.542. The molecule has 0 saturated carbocycles. The largest absolute Gasteiger partial charge is 0.449 e. The Hall–Kier alpha value is -2.38. The van der Waals surface area contributed by atoms with Crippen molar-refractivity contribution >= 4 is 34.5 Å². The number of piperazine rings is 1. The van der Waals surface area contributed by atoms with Crippen molar-refractivity contribution < 1.29 is 14.3 Å². The molecule has 1 unspecified atom stereocenters. The van der Waals surface area contributed by atoms with E-state index in [0.717, 1.165) is 52.9 Å². The van der Waals surface area contributed by atoms with E-state index in [2.05, 4.69) is 0 Å². The summed E-state index contributed by atoms with van der Waals surface area (Å²) in [4.78, 5) is 33.8. The van der Waals surface area contributed by atoms with E-state index in [0.29, 0.717) is 44.3 Å². The van der Waals surface area contributed by atoms with Gasteiger partial charge in [0.2, 0.25) is 0 Å². The third kappa shape index (κ3) is 4.41. The predicted octanol–water partition coefficient (Wildman–Crippen LogP) is 3.64. The van der Waals surface area contributed by atoms with Crippen LogP contribution in [0.15, 0.2) is 18.2 Å². The summed E-state index contributed by atoms with van der Waals surface area (Å²) in [6.45, 7) is 6.36. The Bertz CT molecular complexity index is 1030. The molecule has 1 saturated heterocycles. The number of hydrogen-bond donors (Lipinski definition) is 1. The first-order chi connectivity index (χ1) is 15.4. The maximum absolute atomic E-state index is 13.3. The number of ether oxygens (including phenoxy) is 1. The number of halogens is 1. The minimum Gasteiger partial charge on any atom is -0.449 e. The van der Waals surface area contributed by atoms with Crippen LogP contribution >= 0.6 is 11.6 Å². The van der Waals surface area contributed by atoms with Crippen LogP contribution in [0.3, 0.4) is 0 Å². The molecule has 1 fully saturated rings. The lowest BCUT2D eigenvalue weighted by molar-refractivity contribution is 0.0414. The van der Waals surface area contributed by atoms with Crippen molar-refractivity contribution in [2.24, 2.45) is 11.7 Å². The highest BCUT2D eigenvalue weighted by Crippen LogP contribution is 2.35. The van der Waals surface area contributed by atoms with Crippen LogP contribution in [0.2, 0.25) is 5.02 Å². The zero-order valence-electron chi connectivity index (χ0n) is 18.8. The average molecular weight is 459 g/mol. The van der Waals surface area contributed by atoms with Gasteiger partial charge in [0, 0.05) is 42.3 Å². The molecule has 0 bridgehead atoms. The Morgan fingerprint density at radius 1 is 1.31 bits per heavy atom. The van der Waals surface area contributed by atoms with Crippen LogP contribution in [0.1, 0.15) is 48.3 Å². The predicted molar refractivity (Wildman–Crippen MR) is 125 cm³/mol. The smallest absolute Gasteiger partial charge is 0.409 e. The molecule has 1 aromatic heterocycles. The van der Waals surface area contributed by atoms with Gasteiger partial charge in [-0.2, -0.15) is 0 Å². The van der Waals surface area contributed by atoms with Gasteiger partial charge in [0.1, 0.15) is 0 Å².